The number of hydrogen-bond donors (Lipinski definition) is 4. The van der Waals surface area contributed by atoms with E-state index < -0.39 is 5.91 Å². The highest BCUT2D eigenvalue weighted by atomic mass is 35.5. The summed E-state index contributed by atoms with van der Waals surface area (Å²) in [5.74, 6) is -0.184. The Hall–Kier alpha value is -2.55. The maximum atomic E-state index is 12.0. The van der Waals surface area contributed by atoms with Gasteiger partial charge in [0.2, 0.25) is 0 Å². The SMILES string of the molecule is CCOc1ccc(C(=O)NCC(=O)NNC(=S)Nc2ccc(Cl)c(Cl)c2)cc1. The van der Waals surface area contributed by atoms with E-state index in [1.165, 1.54) is 0 Å². The summed E-state index contributed by atoms with van der Waals surface area (Å²) < 4.78 is 5.31. The number of carbonyl (C=O) groups excluding carboxylic acids is 2. The fourth-order valence-electron chi connectivity index (χ4n) is 2.04. The number of hydrogen-bond acceptors (Lipinski definition) is 4. The first-order valence-electron chi connectivity index (χ1n) is 8.21. The van der Waals surface area contributed by atoms with E-state index in [-0.39, 0.29) is 17.6 Å². The van der Waals surface area contributed by atoms with Crippen LogP contribution in [0.4, 0.5) is 5.69 Å². The maximum absolute atomic E-state index is 12.0. The van der Waals surface area contributed by atoms with Gasteiger partial charge in [0.05, 0.1) is 23.2 Å². The van der Waals surface area contributed by atoms with Gasteiger partial charge in [-0.3, -0.25) is 20.4 Å². The highest BCUT2D eigenvalue weighted by Gasteiger charge is 2.09. The maximum Gasteiger partial charge on any atom is 0.257 e. The van der Waals surface area contributed by atoms with Gasteiger partial charge in [-0.2, -0.15) is 0 Å². The Morgan fingerprint density at radius 3 is 2.39 bits per heavy atom. The number of benzene rings is 2. The molecule has 4 N–H and O–H groups in total. The van der Waals surface area contributed by atoms with Crippen LogP contribution in [0, 0.1) is 0 Å². The molecule has 0 aliphatic carbocycles. The number of nitrogens with one attached hydrogen (secondary N) is 4. The average molecular weight is 441 g/mol. The Balaban J connectivity index is 1.73. The molecule has 2 aromatic rings. The number of ether oxygens (including phenoxy) is 1. The Kier molecular flexibility index (Phi) is 8.31. The van der Waals surface area contributed by atoms with Gasteiger partial charge in [-0.15, -0.1) is 0 Å². The van der Waals surface area contributed by atoms with E-state index in [9.17, 15) is 9.59 Å². The molecule has 28 heavy (non-hydrogen) atoms. The zero-order valence-electron chi connectivity index (χ0n) is 14.8. The van der Waals surface area contributed by atoms with Gasteiger partial charge in [0, 0.05) is 11.3 Å². The summed E-state index contributed by atoms with van der Waals surface area (Å²) in [7, 11) is 0. The van der Waals surface area contributed by atoms with Crippen molar-refractivity contribution in [2.75, 3.05) is 18.5 Å². The predicted molar refractivity (Wildman–Crippen MR) is 114 cm³/mol. The first-order chi connectivity index (χ1) is 13.4. The molecule has 0 spiro atoms. The van der Waals surface area contributed by atoms with E-state index >= 15 is 0 Å². The second kappa shape index (κ2) is 10.7. The van der Waals surface area contributed by atoms with Gasteiger partial charge >= 0.3 is 0 Å². The molecule has 0 fully saturated rings. The van der Waals surface area contributed by atoms with Crippen molar-refractivity contribution in [1.29, 1.82) is 0 Å². The molecule has 0 saturated heterocycles. The van der Waals surface area contributed by atoms with Crippen LogP contribution in [-0.4, -0.2) is 30.1 Å². The van der Waals surface area contributed by atoms with Crippen molar-refractivity contribution in [3.63, 3.8) is 0 Å². The van der Waals surface area contributed by atoms with E-state index in [0.717, 1.165) is 0 Å². The third-order valence-electron chi connectivity index (χ3n) is 3.33. The van der Waals surface area contributed by atoms with Crippen LogP contribution >= 0.6 is 35.4 Å². The van der Waals surface area contributed by atoms with Crippen molar-refractivity contribution in [3.8, 4) is 5.75 Å². The highest BCUT2D eigenvalue weighted by molar-refractivity contribution is 7.80. The van der Waals surface area contributed by atoms with Crippen molar-refractivity contribution in [2.45, 2.75) is 6.92 Å². The van der Waals surface area contributed by atoms with Crippen molar-refractivity contribution in [3.05, 3.63) is 58.1 Å². The monoisotopic (exact) mass is 440 g/mol. The molecular formula is C18H18Cl2N4O3S. The van der Waals surface area contributed by atoms with E-state index in [2.05, 4.69) is 21.5 Å². The highest BCUT2D eigenvalue weighted by Crippen LogP contribution is 2.24. The summed E-state index contributed by atoms with van der Waals surface area (Å²) >= 11 is 16.8. The second-order valence-corrected chi connectivity index (χ2v) is 6.62. The van der Waals surface area contributed by atoms with Crippen molar-refractivity contribution >= 4 is 58.0 Å². The summed E-state index contributed by atoms with van der Waals surface area (Å²) in [5.41, 5.74) is 5.92. The lowest BCUT2D eigenvalue weighted by Crippen LogP contribution is -2.47. The first-order valence-corrected chi connectivity index (χ1v) is 9.37. The Labute approximate surface area is 177 Å². The van der Waals surface area contributed by atoms with Crippen LogP contribution in [0.5, 0.6) is 5.75 Å². The minimum absolute atomic E-state index is 0.143. The predicted octanol–water partition coefficient (Wildman–Crippen LogP) is 3.14. The van der Waals surface area contributed by atoms with Crippen LogP contribution in [0.25, 0.3) is 0 Å². The molecule has 2 aromatic carbocycles. The lowest BCUT2D eigenvalue weighted by molar-refractivity contribution is -0.120. The topological polar surface area (TPSA) is 91.5 Å². The number of halogens is 2. The minimum Gasteiger partial charge on any atom is -0.494 e. The number of amides is 2. The van der Waals surface area contributed by atoms with Gasteiger partial charge in [0.15, 0.2) is 5.11 Å². The quantitative estimate of drug-likeness (QED) is 0.407. The summed E-state index contributed by atoms with van der Waals surface area (Å²) in [4.78, 5) is 23.9. The molecule has 2 amide bonds. The Bertz CT molecular complexity index is 862. The van der Waals surface area contributed by atoms with Crippen LogP contribution < -0.4 is 26.2 Å². The summed E-state index contributed by atoms with van der Waals surface area (Å²) in [5, 5.41) is 6.28. The van der Waals surface area contributed by atoms with E-state index in [1.807, 2.05) is 6.92 Å². The van der Waals surface area contributed by atoms with E-state index in [0.29, 0.717) is 33.7 Å². The van der Waals surface area contributed by atoms with Gasteiger partial charge in [-0.25, -0.2) is 0 Å². The number of thiocarbonyl (C=S) groups is 1. The average Bonchev–Trinajstić information content (AvgIpc) is 2.68. The standard InChI is InChI=1S/C18H18Cl2N4O3S/c1-2-27-13-6-3-11(4-7-13)17(26)21-10-16(25)23-24-18(28)22-12-5-8-14(19)15(20)9-12/h3-9H,2,10H2,1H3,(H,21,26)(H,23,25)(H2,22,24,28). The van der Waals surface area contributed by atoms with Gasteiger partial charge in [-0.05, 0) is 61.6 Å². The molecule has 0 atom stereocenters. The molecule has 10 heteroatoms. The molecular weight excluding hydrogens is 423 g/mol. The zero-order valence-corrected chi connectivity index (χ0v) is 17.2. The normalized spacial score (nSPS) is 9.96. The first kappa shape index (κ1) is 21.7. The third-order valence-corrected chi connectivity index (χ3v) is 4.27. The lowest BCUT2D eigenvalue weighted by Gasteiger charge is -2.12. The van der Waals surface area contributed by atoms with Gasteiger partial charge in [0.1, 0.15) is 5.75 Å². The molecule has 0 radical (unpaired) electrons. The number of carbonyl (C=O) groups is 2. The number of hydrazine groups is 1. The molecule has 0 aliphatic heterocycles. The van der Waals surface area contributed by atoms with Crippen LogP contribution in [0.3, 0.4) is 0 Å². The third kappa shape index (κ3) is 6.88. The largest absolute Gasteiger partial charge is 0.494 e. The van der Waals surface area contributed by atoms with Crippen LogP contribution in [0.15, 0.2) is 42.5 Å². The molecule has 7 nitrogen and oxygen atoms in total. The summed E-state index contributed by atoms with van der Waals surface area (Å²) in [6.07, 6.45) is 0. The van der Waals surface area contributed by atoms with Crippen LogP contribution in [0.1, 0.15) is 17.3 Å². The van der Waals surface area contributed by atoms with Crippen LogP contribution in [-0.2, 0) is 4.79 Å². The molecule has 0 saturated carbocycles. The van der Waals surface area contributed by atoms with Gasteiger partial charge < -0.3 is 15.4 Å². The zero-order chi connectivity index (χ0) is 20.5. The number of rotatable bonds is 6. The van der Waals surface area contributed by atoms with E-state index in [1.54, 1.807) is 42.5 Å². The molecule has 0 heterocycles. The van der Waals surface area contributed by atoms with Crippen LogP contribution in [0.2, 0.25) is 10.0 Å². The minimum atomic E-state index is -0.474. The van der Waals surface area contributed by atoms with Gasteiger partial charge in [-0.1, -0.05) is 23.2 Å². The molecule has 0 bridgehead atoms. The lowest BCUT2D eigenvalue weighted by atomic mass is 10.2. The van der Waals surface area contributed by atoms with Crippen molar-refractivity contribution in [2.24, 2.45) is 0 Å². The van der Waals surface area contributed by atoms with Crippen molar-refractivity contribution in [1.82, 2.24) is 16.2 Å². The van der Waals surface area contributed by atoms with Gasteiger partial charge in [0.25, 0.3) is 11.8 Å². The Morgan fingerprint density at radius 1 is 1.04 bits per heavy atom. The smallest absolute Gasteiger partial charge is 0.257 e. The molecule has 2 rings (SSSR count). The Morgan fingerprint density at radius 2 is 1.75 bits per heavy atom. The molecule has 0 aromatic heterocycles. The fraction of sp³-hybridized carbons (Fsp3) is 0.167. The fourth-order valence-corrected chi connectivity index (χ4v) is 2.51. The summed E-state index contributed by atoms with van der Waals surface area (Å²) in [6, 6.07) is 11.5. The number of anilines is 1. The summed E-state index contributed by atoms with van der Waals surface area (Å²) in [6.45, 7) is 2.19. The molecule has 0 unspecified atom stereocenters. The van der Waals surface area contributed by atoms with E-state index in [4.69, 9.17) is 40.2 Å². The second-order valence-electron chi connectivity index (χ2n) is 5.40. The molecule has 148 valence electrons. The molecule has 0 aliphatic rings. The van der Waals surface area contributed by atoms with Crippen molar-refractivity contribution < 1.29 is 14.3 Å².